The van der Waals surface area contributed by atoms with E-state index < -0.39 is 0 Å². The zero-order valence-electron chi connectivity index (χ0n) is 13.9. The smallest absolute Gasteiger partial charge is 0.269 e. The van der Waals surface area contributed by atoms with Crippen LogP contribution in [0.1, 0.15) is 27.3 Å². The van der Waals surface area contributed by atoms with Crippen LogP contribution in [0, 0.1) is 0 Å². The number of hydrogen-bond acceptors (Lipinski definition) is 4. The van der Waals surface area contributed by atoms with E-state index in [1.807, 2.05) is 36.4 Å². The van der Waals surface area contributed by atoms with Crippen molar-refractivity contribution in [3.8, 4) is 17.0 Å². The number of carbonyl (C=O) groups is 1. The summed E-state index contributed by atoms with van der Waals surface area (Å²) in [6.07, 6.45) is 3.35. The summed E-state index contributed by atoms with van der Waals surface area (Å²) < 4.78 is 5.29. The molecule has 1 aromatic carbocycles. The van der Waals surface area contributed by atoms with Crippen LogP contribution in [0.3, 0.4) is 0 Å². The van der Waals surface area contributed by atoms with Gasteiger partial charge in [0.1, 0.15) is 11.4 Å². The fourth-order valence-corrected chi connectivity index (χ4v) is 3.18. The van der Waals surface area contributed by atoms with Gasteiger partial charge in [0.15, 0.2) is 0 Å². The number of benzene rings is 1. The predicted molar refractivity (Wildman–Crippen MR) is 93.4 cm³/mol. The van der Waals surface area contributed by atoms with Crippen molar-refractivity contribution in [1.29, 1.82) is 0 Å². The molecule has 0 atom stereocenters. The largest absolute Gasteiger partial charge is 0.497 e. The van der Waals surface area contributed by atoms with Crippen LogP contribution in [-0.4, -0.2) is 28.2 Å². The molecule has 0 aliphatic heterocycles. The van der Waals surface area contributed by atoms with Gasteiger partial charge in [-0.1, -0.05) is 6.07 Å². The Morgan fingerprint density at radius 2 is 2.20 bits per heavy atom. The minimum atomic E-state index is -0.156. The number of fused-ring (bicyclic) bond motifs is 3. The van der Waals surface area contributed by atoms with Crippen molar-refractivity contribution in [2.75, 3.05) is 7.11 Å². The van der Waals surface area contributed by atoms with Gasteiger partial charge in [-0.25, -0.2) is 0 Å². The van der Waals surface area contributed by atoms with Gasteiger partial charge in [0.2, 0.25) is 0 Å². The van der Waals surface area contributed by atoms with Crippen molar-refractivity contribution in [2.45, 2.75) is 19.4 Å². The maximum atomic E-state index is 12.5. The molecule has 0 bridgehead atoms. The molecule has 0 unspecified atom stereocenters. The molecule has 1 aliphatic rings. The summed E-state index contributed by atoms with van der Waals surface area (Å²) in [5.41, 5.74) is 5.43. The molecule has 25 heavy (non-hydrogen) atoms. The standard InChI is InChI=1S/C19H18N4O2/c1-25-14-6-8-15-12(10-14)5-7-16-17(15)22-23-18(16)19(24)21-11-13-4-2-3-9-20-13/h2-4,6,8-10H,5,7,11H2,1H3,(H,21,24)(H,22,23). The predicted octanol–water partition coefficient (Wildman–Crippen LogP) is 2.51. The minimum Gasteiger partial charge on any atom is -0.497 e. The molecule has 6 heteroatoms. The third kappa shape index (κ3) is 2.87. The van der Waals surface area contributed by atoms with Crippen molar-refractivity contribution < 1.29 is 9.53 Å². The van der Waals surface area contributed by atoms with Gasteiger partial charge in [0.25, 0.3) is 5.91 Å². The molecule has 0 spiro atoms. The third-order valence-corrected chi connectivity index (χ3v) is 4.46. The average molecular weight is 334 g/mol. The topological polar surface area (TPSA) is 79.9 Å². The van der Waals surface area contributed by atoms with E-state index in [0.717, 1.165) is 41.1 Å². The number of aryl methyl sites for hydroxylation is 1. The lowest BCUT2D eigenvalue weighted by molar-refractivity contribution is 0.0944. The van der Waals surface area contributed by atoms with Gasteiger partial charge in [-0.2, -0.15) is 5.10 Å². The highest BCUT2D eigenvalue weighted by Gasteiger charge is 2.25. The first kappa shape index (κ1) is 15.4. The molecule has 0 fully saturated rings. The summed E-state index contributed by atoms with van der Waals surface area (Å²) in [4.78, 5) is 16.7. The Hall–Kier alpha value is -3.15. The number of nitrogens with one attached hydrogen (secondary N) is 2. The lowest BCUT2D eigenvalue weighted by atomic mass is 9.89. The van der Waals surface area contributed by atoms with Crippen LogP contribution in [0.5, 0.6) is 5.75 Å². The summed E-state index contributed by atoms with van der Waals surface area (Å²) >= 11 is 0. The highest BCUT2D eigenvalue weighted by atomic mass is 16.5. The molecule has 2 heterocycles. The van der Waals surface area contributed by atoms with E-state index in [-0.39, 0.29) is 5.91 Å². The Morgan fingerprint density at radius 3 is 3.00 bits per heavy atom. The number of H-pyrrole nitrogens is 1. The van der Waals surface area contributed by atoms with E-state index in [9.17, 15) is 4.79 Å². The van der Waals surface area contributed by atoms with Crippen molar-refractivity contribution in [1.82, 2.24) is 20.5 Å². The molecule has 2 aromatic heterocycles. The van der Waals surface area contributed by atoms with Crippen molar-refractivity contribution >= 4 is 5.91 Å². The molecule has 1 aliphatic carbocycles. The number of methoxy groups -OCH3 is 1. The van der Waals surface area contributed by atoms with E-state index in [2.05, 4.69) is 20.5 Å². The van der Waals surface area contributed by atoms with Gasteiger partial charge in [-0.15, -0.1) is 0 Å². The monoisotopic (exact) mass is 334 g/mol. The maximum Gasteiger partial charge on any atom is 0.269 e. The van der Waals surface area contributed by atoms with E-state index in [1.165, 1.54) is 5.56 Å². The van der Waals surface area contributed by atoms with Gasteiger partial charge < -0.3 is 10.1 Å². The van der Waals surface area contributed by atoms with Crippen molar-refractivity contribution in [2.24, 2.45) is 0 Å². The van der Waals surface area contributed by atoms with Crippen molar-refractivity contribution in [3.63, 3.8) is 0 Å². The van der Waals surface area contributed by atoms with Gasteiger partial charge in [0.05, 0.1) is 25.0 Å². The summed E-state index contributed by atoms with van der Waals surface area (Å²) in [6.45, 7) is 0.390. The molecule has 3 aromatic rings. The number of hydrogen-bond donors (Lipinski definition) is 2. The molecular formula is C19H18N4O2. The second kappa shape index (κ2) is 6.39. The van der Waals surface area contributed by atoms with Gasteiger partial charge in [0, 0.05) is 17.3 Å². The molecular weight excluding hydrogens is 316 g/mol. The quantitative estimate of drug-likeness (QED) is 0.768. The molecule has 0 saturated heterocycles. The number of pyridine rings is 1. The lowest BCUT2D eigenvalue weighted by Gasteiger charge is -2.16. The minimum absolute atomic E-state index is 0.156. The number of ether oxygens (including phenoxy) is 1. The molecule has 2 N–H and O–H groups in total. The van der Waals surface area contributed by atoms with Crippen LogP contribution in [-0.2, 0) is 19.4 Å². The lowest BCUT2D eigenvalue weighted by Crippen LogP contribution is -2.25. The van der Waals surface area contributed by atoms with E-state index in [4.69, 9.17) is 4.74 Å². The maximum absolute atomic E-state index is 12.5. The molecule has 0 saturated carbocycles. The van der Waals surface area contributed by atoms with Crippen LogP contribution in [0.4, 0.5) is 0 Å². The van der Waals surface area contributed by atoms with Crippen LogP contribution in [0.2, 0.25) is 0 Å². The van der Waals surface area contributed by atoms with Crippen molar-refractivity contribution in [3.05, 3.63) is 65.1 Å². The second-order valence-electron chi connectivity index (χ2n) is 5.95. The number of rotatable bonds is 4. The molecule has 0 radical (unpaired) electrons. The Balaban J connectivity index is 1.57. The Kier molecular flexibility index (Phi) is 3.93. The van der Waals surface area contributed by atoms with Crippen LogP contribution < -0.4 is 10.1 Å². The highest BCUT2D eigenvalue weighted by molar-refractivity contribution is 5.96. The van der Waals surface area contributed by atoms with E-state index >= 15 is 0 Å². The normalized spacial score (nSPS) is 12.2. The van der Waals surface area contributed by atoms with Gasteiger partial charge in [-0.3, -0.25) is 14.9 Å². The summed E-state index contributed by atoms with van der Waals surface area (Å²) in [5.74, 6) is 0.683. The van der Waals surface area contributed by atoms with Crippen LogP contribution in [0.25, 0.3) is 11.3 Å². The average Bonchev–Trinajstić information content (AvgIpc) is 3.11. The van der Waals surface area contributed by atoms with Gasteiger partial charge >= 0.3 is 0 Å². The summed E-state index contributed by atoms with van der Waals surface area (Å²) in [7, 11) is 1.66. The first-order chi connectivity index (χ1) is 12.3. The molecule has 126 valence electrons. The fourth-order valence-electron chi connectivity index (χ4n) is 3.18. The molecule has 1 amide bonds. The van der Waals surface area contributed by atoms with Crippen LogP contribution >= 0.6 is 0 Å². The number of amides is 1. The van der Waals surface area contributed by atoms with Gasteiger partial charge in [-0.05, 0) is 48.7 Å². The van der Waals surface area contributed by atoms with E-state index in [1.54, 1.807) is 13.3 Å². The summed E-state index contributed by atoms with van der Waals surface area (Å²) in [5, 5.41) is 10.2. The fraction of sp³-hybridized carbons (Fsp3) is 0.211. The first-order valence-electron chi connectivity index (χ1n) is 8.19. The highest BCUT2D eigenvalue weighted by Crippen LogP contribution is 2.35. The second-order valence-corrected chi connectivity index (χ2v) is 5.95. The van der Waals surface area contributed by atoms with E-state index in [0.29, 0.717) is 12.2 Å². The first-order valence-corrected chi connectivity index (χ1v) is 8.19. The third-order valence-electron chi connectivity index (χ3n) is 4.46. The zero-order chi connectivity index (χ0) is 17.2. The molecule has 4 rings (SSSR count). The number of aromatic amines is 1. The Labute approximate surface area is 145 Å². The Morgan fingerprint density at radius 1 is 1.28 bits per heavy atom. The number of carbonyl (C=O) groups excluding carboxylic acids is 1. The SMILES string of the molecule is COc1ccc2c(c1)CCc1c-2n[nH]c1C(=O)NCc1ccccn1. The zero-order valence-corrected chi connectivity index (χ0v) is 13.9. The molecule has 6 nitrogen and oxygen atoms in total. The number of nitrogens with zero attached hydrogens (tertiary/aromatic N) is 2. The Bertz CT molecular complexity index is 918. The van der Waals surface area contributed by atoms with Crippen LogP contribution in [0.15, 0.2) is 42.6 Å². The number of aromatic nitrogens is 3. The summed E-state index contributed by atoms with van der Waals surface area (Å²) in [6, 6.07) is 11.6.